The van der Waals surface area contributed by atoms with E-state index in [1.807, 2.05) is 55.5 Å². The number of nitrogens with one attached hydrogen (secondary N) is 4. The standard InChI is InChI=1S/C32H39BrFN7/c1-4-21(2)40-41-29-12-8-11-28(29)38-31(35)22(3)32(37-19-23-9-6-5-7-10-23)39-30(33)25-15-13-24(14-16-25)27-18-17-26(34)20-36-27/h4-7,9-10,13-18,20-21,28-30,37,39-41H,1,8,11-12,19H2,2-3H3,(H2,35,38)/b32-22-/t21?,28-,29+,30?/m0/s1. The summed E-state index contributed by atoms with van der Waals surface area (Å²) >= 11 is 3.80. The van der Waals surface area contributed by atoms with E-state index in [0.717, 1.165) is 53.0 Å². The van der Waals surface area contributed by atoms with Crippen molar-refractivity contribution in [1.82, 2.24) is 26.5 Å². The van der Waals surface area contributed by atoms with Gasteiger partial charge in [-0.1, -0.05) is 76.6 Å². The zero-order valence-electron chi connectivity index (χ0n) is 23.6. The van der Waals surface area contributed by atoms with Gasteiger partial charge in [-0.05, 0) is 56.4 Å². The van der Waals surface area contributed by atoms with E-state index in [1.165, 1.54) is 12.3 Å². The summed E-state index contributed by atoms with van der Waals surface area (Å²) in [5, 5.41) is 7.09. The molecule has 9 heteroatoms. The highest BCUT2D eigenvalue weighted by molar-refractivity contribution is 9.09. The van der Waals surface area contributed by atoms with Gasteiger partial charge in [0.05, 0.1) is 17.9 Å². The number of aromatic nitrogens is 1. The number of aliphatic imine (C=N–C) groups is 1. The summed E-state index contributed by atoms with van der Waals surface area (Å²) < 4.78 is 13.3. The molecular weight excluding hydrogens is 581 g/mol. The summed E-state index contributed by atoms with van der Waals surface area (Å²) in [6, 6.07) is 21.7. The third-order valence-electron chi connectivity index (χ3n) is 7.20. The van der Waals surface area contributed by atoms with Gasteiger partial charge in [-0.15, -0.1) is 6.58 Å². The van der Waals surface area contributed by atoms with Crippen LogP contribution in [0.3, 0.4) is 0 Å². The maximum atomic E-state index is 13.3. The van der Waals surface area contributed by atoms with Crippen LogP contribution in [0.25, 0.3) is 11.3 Å². The van der Waals surface area contributed by atoms with Crippen LogP contribution in [0, 0.1) is 5.82 Å². The van der Waals surface area contributed by atoms with Crippen molar-refractivity contribution < 1.29 is 4.39 Å². The van der Waals surface area contributed by atoms with Crippen molar-refractivity contribution in [2.24, 2.45) is 10.7 Å². The minimum absolute atomic E-state index is 0.0808. The zero-order valence-corrected chi connectivity index (χ0v) is 25.2. The Labute approximate surface area is 250 Å². The molecule has 0 saturated heterocycles. The Kier molecular flexibility index (Phi) is 11.1. The molecule has 2 unspecified atom stereocenters. The van der Waals surface area contributed by atoms with E-state index in [4.69, 9.17) is 10.7 Å². The quantitative estimate of drug-likeness (QED) is 0.0412. The van der Waals surface area contributed by atoms with Crippen LogP contribution in [-0.2, 0) is 6.54 Å². The van der Waals surface area contributed by atoms with Crippen LogP contribution in [0.2, 0.25) is 0 Å². The second-order valence-electron chi connectivity index (χ2n) is 10.3. The lowest BCUT2D eigenvalue weighted by Gasteiger charge is -2.23. The highest BCUT2D eigenvalue weighted by Gasteiger charge is 2.27. The van der Waals surface area contributed by atoms with Gasteiger partial charge in [0.1, 0.15) is 22.4 Å². The van der Waals surface area contributed by atoms with Crippen LogP contribution in [0.4, 0.5) is 4.39 Å². The molecule has 4 rings (SSSR count). The summed E-state index contributed by atoms with van der Waals surface area (Å²) in [7, 11) is 0. The number of hydrogen-bond donors (Lipinski definition) is 5. The number of nitrogens with zero attached hydrogens (tertiary/aromatic N) is 2. The number of hydrazine groups is 1. The van der Waals surface area contributed by atoms with E-state index in [-0.39, 0.29) is 28.9 Å². The highest BCUT2D eigenvalue weighted by atomic mass is 79.9. The predicted octanol–water partition coefficient (Wildman–Crippen LogP) is 5.84. The highest BCUT2D eigenvalue weighted by Crippen LogP contribution is 2.26. The van der Waals surface area contributed by atoms with Gasteiger partial charge in [-0.2, -0.15) is 0 Å². The first-order valence-corrected chi connectivity index (χ1v) is 14.8. The maximum Gasteiger partial charge on any atom is 0.141 e. The Hall–Kier alpha value is -3.53. The molecule has 1 aromatic heterocycles. The molecule has 0 aliphatic heterocycles. The fourth-order valence-electron chi connectivity index (χ4n) is 4.62. The molecule has 7 nitrogen and oxygen atoms in total. The van der Waals surface area contributed by atoms with E-state index in [0.29, 0.717) is 12.4 Å². The SMILES string of the molecule is C=CC(C)NN[C@@H]1CCC[C@@H]1N=C(N)/C(C)=C(/NCc1ccccc1)NC(Br)c1ccc(-c2ccc(F)cn2)cc1. The van der Waals surface area contributed by atoms with E-state index in [1.54, 1.807) is 6.07 Å². The first-order chi connectivity index (χ1) is 19.8. The van der Waals surface area contributed by atoms with Crippen molar-refractivity contribution in [3.8, 4) is 11.3 Å². The van der Waals surface area contributed by atoms with Gasteiger partial charge >= 0.3 is 0 Å². The molecule has 216 valence electrons. The summed E-state index contributed by atoms with van der Waals surface area (Å²) in [5.41, 5.74) is 18.0. The lowest BCUT2D eigenvalue weighted by atomic mass is 10.1. The van der Waals surface area contributed by atoms with Crippen molar-refractivity contribution in [2.45, 2.75) is 62.7 Å². The molecule has 3 aromatic rings. The molecule has 1 heterocycles. The van der Waals surface area contributed by atoms with Crippen molar-refractivity contribution in [3.05, 3.63) is 114 Å². The second kappa shape index (κ2) is 14.9. The van der Waals surface area contributed by atoms with Crippen molar-refractivity contribution in [1.29, 1.82) is 0 Å². The van der Waals surface area contributed by atoms with Crippen LogP contribution < -0.4 is 27.2 Å². The predicted molar refractivity (Wildman–Crippen MR) is 169 cm³/mol. The zero-order chi connectivity index (χ0) is 29.2. The number of rotatable bonds is 13. The Bertz CT molecular complexity index is 1330. The topological polar surface area (TPSA) is 99.4 Å². The minimum Gasteiger partial charge on any atom is -0.384 e. The van der Waals surface area contributed by atoms with E-state index < -0.39 is 0 Å². The van der Waals surface area contributed by atoms with Gasteiger partial charge in [-0.25, -0.2) is 4.39 Å². The van der Waals surface area contributed by atoms with Gasteiger partial charge < -0.3 is 16.4 Å². The number of alkyl halides is 1. The van der Waals surface area contributed by atoms with Crippen molar-refractivity contribution in [2.75, 3.05) is 0 Å². The number of nitrogens with two attached hydrogens (primary N) is 1. The average Bonchev–Trinajstić information content (AvgIpc) is 3.45. The molecule has 41 heavy (non-hydrogen) atoms. The third kappa shape index (κ3) is 8.73. The Morgan fingerprint density at radius 3 is 2.59 bits per heavy atom. The van der Waals surface area contributed by atoms with Crippen LogP contribution >= 0.6 is 15.9 Å². The lowest BCUT2D eigenvalue weighted by Crippen LogP contribution is -2.47. The first kappa shape index (κ1) is 30.4. The summed E-state index contributed by atoms with van der Waals surface area (Å²) in [6.07, 6.45) is 6.19. The van der Waals surface area contributed by atoms with E-state index in [9.17, 15) is 4.39 Å². The van der Waals surface area contributed by atoms with E-state index in [2.05, 4.69) is 68.0 Å². The van der Waals surface area contributed by atoms with Gasteiger partial charge in [-0.3, -0.25) is 20.8 Å². The average molecular weight is 621 g/mol. The van der Waals surface area contributed by atoms with Gasteiger partial charge in [0.15, 0.2) is 0 Å². The number of benzene rings is 2. The molecule has 1 aliphatic rings. The van der Waals surface area contributed by atoms with Gasteiger partial charge in [0, 0.05) is 29.8 Å². The van der Waals surface area contributed by atoms with Crippen LogP contribution in [-0.4, -0.2) is 28.9 Å². The number of hydrogen-bond acceptors (Lipinski definition) is 6. The normalized spacial score (nSPS) is 19.3. The molecule has 1 saturated carbocycles. The number of pyridine rings is 1. The van der Waals surface area contributed by atoms with Crippen LogP contribution in [0.1, 0.15) is 49.2 Å². The van der Waals surface area contributed by atoms with Crippen LogP contribution in [0.5, 0.6) is 0 Å². The largest absolute Gasteiger partial charge is 0.384 e. The van der Waals surface area contributed by atoms with Gasteiger partial charge in [0.2, 0.25) is 0 Å². The molecule has 0 radical (unpaired) electrons. The molecule has 1 aliphatic carbocycles. The monoisotopic (exact) mass is 619 g/mol. The molecule has 1 fully saturated rings. The maximum absolute atomic E-state index is 13.3. The Morgan fingerprint density at radius 1 is 1.15 bits per heavy atom. The van der Waals surface area contributed by atoms with E-state index >= 15 is 0 Å². The molecule has 2 aromatic carbocycles. The second-order valence-corrected chi connectivity index (χ2v) is 11.2. The molecule has 4 atom stereocenters. The van der Waals surface area contributed by atoms with Crippen LogP contribution in [0.15, 0.2) is 102 Å². The molecule has 0 amide bonds. The molecule has 0 spiro atoms. The smallest absolute Gasteiger partial charge is 0.141 e. The van der Waals surface area contributed by atoms with Crippen molar-refractivity contribution >= 4 is 21.8 Å². The number of amidine groups is 1. The summed E-state index contributed by atoms with van der Waals surface area (Å²) in [4.78, 5) is 8.92. The number of halogens is 2. The summed E-state index contributed by atoms with van der Waals surface area (Å²) in [5.74, 6) is 0.942. The fraction of sp³-hybridized carbons (Fsp3) is 0.312. The fourth-order valence-corrected chi connectivity index (χ4v) is 5.16. The third-order valence-corrected chi connectivity index (χ3v) is 7.96. The Balaban J connectivity index is 1.52. The Morgan fingerprint density at radius 2 is 1.90 bits per heavy atom. The molecule has 0 bridgehead atoms. The molecule has 6 N–H and O–H groups in total. The first-order valence-electron chi connectivity index (χ1n) is 13.9. The minimum atomic E-state index is -0.353. The van der Waals surface area contributed by atoms with Gasteiger partial charge in [0.25, 0.3) is 0 Å². The lowest BCUT2D eigenvalue weighted by molar-refractivity contribution is 0.390. The summed E-state index contributed by atoms with van der Waals surface area (Å²) in [6.45, 7) is 8.49. The van der Waals surface area contributed by atoms with Crippen molar-refractivity contribution in [3.63, 3.8) is 0 Å². The molecular formula is C32H39BrFN7.